The topological polar surface area (TPSA) is 32.8 Å². The number of carbonyl (C=O) groups excluding carboxylic acids is 1. The SMILES string of the molecule is CC(=O)N1CCC(O[C@@H]2CCN(c3ccccc3)C2)CC1. The molecule has 4 heteroatoms. The van der Waals surface area contributed by atoms with Gasteiger partial charge in [0.15, 0.2) is 0 Å². The van der Waals surface area contributed by atoms with E-state index in [1.807, 2.05) is 4.90 Å². The molecule has 2 saturated heterocycles. The molecule has 21 heavy (non-hydrogen) atoms. The van der Waals surface area contributed by atoms with Gasteiger partial charge in [-0.25, -0.2) is 0 Å². The molecule has 2 heterocycles. The first kappa shape index (κ1) is 14.4. The van der Waals surface area contributed by atoms with Crippen molar-refractivity contribution >= 4 is 11.6 Å². The van der Waals surface area contributed by atoms with Crippen LogP contribution in [0.15, 0.2) is 30.3 Å². The van der Waals surface area contributed by atoms with Gasteiger partial charge in [-0.15, -0.1) is 0 Å². The van der Waals surface area contributed by atoms with E-state index >= 15 is 0 Å². The molecule has 0 unspecified atom stereocenters. The van der Waals surface area contributed by atoms with Gasteiger partial charge in [0, 0.05) is 38.8 Å². The van der Waals surface area contributed by atoms with Crippen molar-refractivity contribution in [2.45, 2.75) is 38.4 Å². The van der Waals surface area contributed by atoms with Crippen LogP contribution < -0.4 is 4.90 Å². The Kier molecular flexibility index (Phi) is 4.44. The maximum absolute atomic E-state index is 11.3. The van der Waals surface area contributed by atoms with Gasteiger partial charge in [-0.1, -0.05) is 18.2 Å². The summed E-state index contributed by atoms with van der Waals surface area (Å²) in [6.07, 6.45) is 3.70. The van der Waals surface area contributed by atoms with Gasteiger partial charge in [0.05, 0.1) is 12.2 Å². The van der Waals surface area contributed by atoms with Crippen LogP contribution in [-0.4, -0.2) is 49.2 Å². The Bertz CT molecular complexity index is 469. The predicted molar refractivity (Wildman–Crippen MR) is 83.4 cm³/mol. The van der Waals surface area contributed by atoms with Crippen molar-refractivity contribution in [1.82, 2.24) is 4.90 Å². The van der Waals surface area contributed by atoms with Crippen molar-refractivity contribution in [3.63, 3.8) is 0 Å². The number of anilines is 1. The minimum Gasteiger partial charge on any atom is -0.373 e. The number of benzene rings is 1. The number of hydrogen-bond acceptors (Lipinski definition) is 3. The lowest BCUT2D eigenvalue weighted by molar-refractivity contribution is -0.132. The van der Waals surface area contributed by atoms with Gasteiger partial charge in [-0.2, -0.15) is 0 Å². The summed E-state index contributed by atoms with van der Waals surface area (Å²) in [4.78, 5) is 15.6. The standard InChI is InChI=1S/C17H24N2O2/c1-14(20)18-10-7-16(8-11-18)21-17-9-12-19(13-17)15-5-3-2-4-6-15/h2-6,16-17H,7-13H2,1H3/t17-/m1/s1. The second-order valence-electron chi connectivity index (χ2n) is 6.03. The van der Waals surface area contributed by atoms with Gasteiger partial charge in [0.25, 0.3) is 0 Å². The number of likely N-dealkylation sites (tertiary alicyclic amines) is 1. The van der Waals surface area contributed by atoms with Crippen LogP contribution in [0.5, 0.6) is 0 Å². The summed E-state index contributed by atoms with van der Waals surface area (Å²) in [7, 11) is 0. The molecular formula is C17H24N2O2. The fourth-order valence-electron chi connectivity index (χ4n) is 3.29. The van der Waals surface area contributed by atoms with Gasteiger partial charge in [0.2, 0.25) is 5.91 Å². The molecule has 114 valence electrons. The summed E-state index contributed by atoms with van der Waals surface area (Å²) < 4.78 is 6.25. The normalized spacial score (nSPS) is 23.6. The first-order chi connectivity index (χ1) is 10.2. The lowest BCUT2D eigenvalue weighted by Gasteiger charge is -2.32. The van der Waals surface area contributed by atoms with Crippen molar-refractivity contribution in [3.05, 3.63) is 30.3 Å². The largest absolute Gasteiger partial charge is 0.373 e. The van der Waals surface area contributed by atoms with Crippen LogP contribution in [-0.2, 0) is 9.53 Å². The van der Waals surface area contributed by atoms with Crippen LogP contribution in [0.1, 0.15) is 26.2 Å². The van der Waals surface area contributed by atoms with E-state index in [9.17, 15) is 4.79 Å². The molecule has 0 aromatic heterocycles. The van der Waals surface area contributed by atoms with E-state index in [0.717, 1.165) is 45.4 Å². The van der Waals surface area contributed by atoms with E-state index in [0.29, 0.717) is 12.2 Å². The third kappa shape index (κ3) is 3.56. The Balaban J connectivity index is 1.46. The molecule has 4 nitrogen and oxygen atoms in total. The molecule has 3 rings (SSSR count). The monoisotopic (exact) mass is 288 g/mol. The average Bonchev–Trinajstić information content (AvgIpc) is 2.97. The molecule has 2 aliphatic rings. The van der Waals surface area contributed by atoms with Gasteiger partial charge in [-0.3, -0.25) is 4.79 Å². The molecule has 2 fully saturated rings. The van der Waals surface area contributed by atoms with E-state index < -0.39 is 0 Å². The van der Waals surface area contributed by atoms with Crippen LogP contribution in [0.25, 0.3) is 0 Å². The number of para-hydroxylation sites is 1. The van der Waals surface area contributed by atoms with E-state index in [1.54, 1.807) is 6.92 Å². The predicted octanol–water partition coefficient (Wildman–Crippen LogP) is 2.29. The second-order valence-corrected chi connectivity index (χ2v) is 6.03. The Labute approximate surface area is 126 Å². The number of hydrogen-bond donors (Lipinski definition) is 0. The minimum absolute atomic E-state index is 0.185. The minimum atomic E-state index is 0.185. The van der Waals surface area contributed by atoms with Gasteiger partial charge in [0.1, 0.15) is 0 Å². The van der Waals surface area contributed by atoms with Crippen LogP contribution in [0.2, 0.25) is 0 Å². The van der Waals surface area contributed by atoms with Crippen LogP contribution >= 0.6 is 0 Å². The number of carbonyl (C=O) groups is 1. The number of ether oxygens (including phenoxy) is 1. The lowest BCUT2D eigenvalue weighted by Crippen LogP contribution is -2.41. The zero-order chi connectivity index (χ0) is 14.7. The summed E-state index contributed by atoms with van der Waals surface area (Å²) in [5.41, 5.74) is 1.29. The molecule has 1 atom stereocenters. The van der Waals surface area contributed by atoms with E-state index in [1.165, 1.54) is 5.69 Å². The maximum atomic E-state index is 11.3. The average molecular weight is 288 g/mol. The van der Waals surface area contributed by atoms with Crippen molar-refractivity contribution < 1.29 is 9.53 Å². The van der Waals surface area contributed by atoms with Gasteiger partial charge < -0.3 is 14.5 Å². The molecule has 0 N–H and O–H groups in total. The molecule has 2 aliphatic heterocycles. The molecule has 1 aromatic rings. The number of amides is 1. The van der Waals surface area contributed by atoms with Gasteiger partial charge >= 0.3 is 0 Å². The molecule has 0 radical (unpaired) electrons. The fourth-order valence-corrected chi connectivity index (χ4v) is 3.29. The highest BCUT2D eigenvalue weighted by Gasteiger charge is 2.28. The highest BCUT2D eigenvalue weighted by Crippen LogP contribution is 2.24. The molecule has 0 aliphatic carbocycles. The Morgan fingerprint density at radius 3 is 2.38 bits per heavy atom. The quantitative estimate of drug-likeness (QED) is 0.855. The third-order valence-electron chi connectivity index (χ3n) is 4.54. The number of rotatable bonds is 3. The highest BCUT2D eigenvalue weighted by atomic mass is 16.5. The summed E-state index contributed by atoms with van der Waals surface area (Å²) in [5.74, 6) is 0.185. The Morgan fingerprint density at radius 1 is 1.05 bits per heavy atom. The first-order valence-electron chi connectivity index (χ1n) is 7.93. The zero-order valence-corrected chi connectivity index (χ0v) is 12.7. The molecule has 0 saturated carbocycles. The summed E-state index contributed by atoms with van der Waals surface area (Å²) in [6, 6.07) is 10.5. The van der Waals surface area contributed by atoms with Crippen molar-refractivity contribution in [3.8, 4) is 0 Å². The zero-order valence-electron chi connectivity index (χ0n) is 12.7. The second kappa shape index (κ2) is 6.48. The maximum Gasteiger partial charge on any atom is 0.219 e. The highest BCUT2D eigenvalue weighted by molar-refractivity contribution is 5.73. The molecule has 0 bridgehead atoms. The smallest absolute Gasteiger partial charge is 0.219 e. The van der Waals surface area contributed by atoms with Crippen molar-refractivity contribution in [2.24, 2.45) is 0 Å². The third-order valence-corrected chi connectivity index (χ3v) is 4.54. The summed E-state index contributed by atoms with van der Waals surface area (Å²) in [5, 5.41) is 0. The van der Waals surface area contributed by atoms with Crippen LogP contribution in [0, 0.1) is 0 Å². The lowest BCUT2D eigenvalue weighted by atomic mass is 10.1. The van der Waals surface area contributed by atoms with Crippen molar-refractivity contribution in [2.75, 3.05) is 31.1 Å². The molecular weight excluding hydrogens is 264 g/mol. The Hall–Kier alpha value is -1.55. The van der Waals surface area contributed by atoms with Crippen LogP contribution in [0.4, 0.5) is 5.69 Å². The fraction of sp³-hybridized carbons (Fsp3) is 0.588. The molecule has 1 amide bonds. The number of piperidine rings is 1. The van der Waals surface area contributed by atoms with Crippen molar-refractivity contribution in [1.29, 1.82) is 0 Å². The van der Waals surface area contributed by atoms with E-state index in [4.69, 9.17) is 4.74 Å². The van der Waals surface area contributed by atoms with E-state index in [-0.39, 0.29) is 5.91 Å². The summed E-state index contributed by atoms with van der Waals surface area (Å²) >= 11 is 0. The summed E-state index contributed by atoms with van der Waals surface area (Å²) in [6.45, 7) is 5.39. The molecule has 1 aromatic carbocycles. The van der Waals surface area contributed by atoms with Crippen LogP contribution in [0.3, 0.4) is 0 Å². The Morgan fingerprint density at radius 2 is 1.71 bits per heavy atom. The van der Waals surface area contributed by atoms with Gasteiger partial charge in [-0.05, 0) is 31.4 Å². The number of nitrogens with zero attached hydrogens (tertiary/aromatic N) is 2. The van der Waals surface area contributed by atoms with E-state index in [2.05, 4.69) is 35.2 Å². The molecule has 0 spiro atoms. The first-order valence-corrected chi connectivity index (χ1v) is 7.93.